The van der Waals surface area contributed by atoms with Crippen LogP contribution in [0.4, 0.5) is 4.39 Å². The smallest absolute Gasteiger partial charge is 0.337 e. The zero-order valence-electron chi connectivity index (χ0n) is 13.3. The summed E-state index contributed by atoms with van der Waals surface area (Å²) in [6.45, 7) is 1.56. The van der Waals surface area contributed by atoms with E-state index in [0.29, 0.717) is 11.1 Å². The Labute approximate surface area is 156 Å². The zero-order chi connectivity index (χ0) is 19.0. The van der Waals surface area contributed by atoms with Crippen LogP contribution < -0.4 is 0 Å². The van der Waals surface area contributed by atoms with Crippen LogP contribution in [0.5, 0.6) is 0 Å². The average molecular weight is 392 g/mol. The molecule has 132 valence electrons. The van der Waals surface area contributed by atoms with Crippen LogP contribution >= 0.6 is 22.9 Å². The Kier molecular flexibility index (Phi) is 4.76. The maximum Gasteiger partial charge on any atom is 0.337 e. The van der Waals surface area contributed by atoms with E-state index in [1.165, 1.54) is 29.0 Å². The molecule has 0 fully saturated rings. The lowest BCUT2D eigenvalue weighted by Gasteiger charge is -2.17. The van der Waals surface area contributed by atoms with Crippen molar-refractivity contribution in [3.05, 3.63) is 62.7 Å². The minimum Gasteiger partial charge on any atom is -0.478 e. The van der Waals surface area contributed by atoms with Gasteiger partial charge in [0.25, 0.3) is 0 Å². The highest BCUT2D eigenvalue weighted by Crippen LogP contribution is 2.39. The van der Waals surface area contributed by atoms with Crippen LogP contribution in [-0.2, 0) is 0 Å². The van der Waals surface area contributed by atoms with Gasteiger partial charge in [-0.15, -0.1) is 11.3 Å². The molecular weight excluding hydrogens is 381 g/mol. The second kappa shape index (κ2) is 6.86. The average Bonchev–Trinajstić information content (AvgIpc) is 3.07. The zero-order valence-corrected chi connectivity index (χ0v) is 14.9. The van der Waals surface area contributed by atoms with E-state index in [9.17, 15) is 24.2 Å². The van der Waals surface area contributed by atoms with E-state index in [1.54, 1.807) is 12.3 Å². The summed E-state index contributed by atoms with van der Waals surface area (Å²) in [6, 6.07) is 5.04. The number of carboxylic acids is 2. The fraction of sp³-hybridized carbons (Fsp3) is 0.0556. The second-order valence-electron chi connectivity index (χ2n) is 5.47. The predicted octanol–water partition coefficient (Wildman–Crippen LogP) is 4.97. The lowest BCUT2D eigenvalue weighted by Crippen LogP contribution is -2.11. The summed E-state index contributed by atoms with van der Waals surface area (Å²) in [7, 11) is 0. The van der Waals surface area contributed by atoms with Gasteiger partial charge >= 0.3 is 11.9 Å². The molecular formula is C18H11ClFNO4S. The number of aromatic nitrogens is 1. The van der Waals surface area contributed by atoms with Gasteiger partial charge in [-0.3, -0.25) is 0 Å². The quantitative estimate of drug-likeness (QED) is 0.655. The van der Waals surface area contributed by atoms with Crippen molar-refractivity contribution in [3.8, 4) is 22.4 Å². The van der Waals surface area contributed by atoms with E-state index in [4.69, 9.17) is 11.6 Å². The highest BCUT2D eigenvalue weighted by atomic mass is 35.5. The van der Waals surface area contributed by atoms with Gasteiger partial charge in [-0.1, -0.05) is 11.6 Å². The Balaban J connectivity index is 2.47. The molecule has 8 heteroatoms. The van der Waals surface area contributed by atoms with Gasteiger partial charge in [0, 0.05) is 16.5 Å². The summed E-state index contributed by atoms with van der Waals surface area (Å²) in [5, 5.41) is 21.0. The Bertz CT molecular complexity index is 1030. The first-order valence-electron chi connectivity index (χ1n) is 7.29. The first kappa shape index (κ1) is 18.0. The number of aromatic carboxylic acids is 2. The molecule has 3 aromatic rings. The van der Waals surface area contributed by atoms with Crippen LogP contribution in [0.15, 0.2) is 35.2 Å². The van der Waals surface area contributed by atoms with Gasteiger partial charge in [0.1, 0.15) is 5.82 Å². The van der Waals surface area contributed by atoms with Crippen molar-refractivity contribution < 1.29 is 24.2 Å². The van der Waals surface area contributed by atoms with Gasteiger partial charge in [-0.25, -0.2) is 19.0 Å². The van der Waals surface area contributed by atoms with Gasteiger partial charge in [0.2, 0.25) is 0 Å². The van der Waals surface area contributed by atoms with Crippen LogP contribution in [0.1, 0.15) is 26.3 Å². The lowest BCUT2D eigenvalue weighted by molar-refractivity contribution is 0.0695. The van der Waals surface area contributed by atoms with E-state index in [-0.39, 0.29) is 33.0 Å². The summed E-state index contributed by atoms with van der Waals surface area (Å²) in [5.74, 6) is -3.15. The number of carboxylic acid groups (broad SMARTS) is 2. The lowest BCUT2D eigenvalue weighted by atomic mass is 9.87. The summed E-state index contributed by atoms with van der Waals surface area (Å²) < 4.78 is 13.4. The molecule has 2 N–H and O–H groups in total. The monoisotopic (exact) mass is 391 g/mol. The van der Waals surface area contributed by atoms with Crippen LogP contribution in [0.2, 0.25) is 5.02 Å². The number of thiazole rings is 1. The fourth-order valence-corrected chi connectivity index (χ4v) is 3.64. The van der Waals surface area contributed by atoms with Gasteiger partial charge in [-0.2, -0.15) is 0 Å². The minimum atomic E-state index is -1.33. The molecule has 2 aromatic carbocycles. The molecule has 0 atom stereocenters. The van der Waals surface area contributed by atoms with Crippen molar-refractivity contribution >= 4 is 34.9 Å². The van der Waals surface area contributed by atoms with E-state index in [1.807, 2.05) is 0 Å². The molecule has 0 spiro atoms. The molecule has 0 saturated heterocycles. The first-order chi connectivity index (χ1) is 12.3. The second-order valence-corrected chi connectivity index (χ2v) is 6.60. The summed E-state index contributed by atoms with van der Waals surface area (Å²) in [6.07, 6.45) is 0. The molecule has 26 heavy (non-hydrogen) atoms. The summed E-state index contributed by atoms with van der Waals surface area (Å²) in [5.41, 5.74) is 2.19. The van der Waals surface area contributed by atoms with Crippen LogP contribution in [0, 0.1) is 12.7 Å². The largest absolute Gasteiger partial charge is 0.478 e. The van der Waals surface area contributed by atoms with E-state index < -0.39 is 17.8 Å². The molecule has 0 bridgehead atoms. The Morgan fingerprint density at radius 1 is 1.12 bits per heavy atom. The highest BCUT2D eigenvalue weighted by molar-refractivity contribution is 7.07. The standard InChI is InChI=1S/C18H11ClFNO4S/c1-8-4-11(10-3-2-9(20)5-12(10)19)15(18(24)25)16(14(8)17(22)23)13-6-26-7-21-13/h2-7H,1H3,(H,22,23)(H,24,25). The molecule has 0 aliphatic carbocycles. The molecule has 1 heterocycles. The highest BCUT2D eigenvalue weighted by Gasteiger charge is 2.28. The number of nitrogens with zero attached hydrogens (tertiary/aromatic N) is 1. The topological polar surface area (TPSA) is 87.5 Å². The van der Waals surface area contributed by atoms with Gasteiger partial charge in [-0.05, 0) is 42.3 Å². The summed E-state index contributed by atoms with van der Waals surface area (Å²) in [4.78, 5) is 27.9. The number of carbonyl (C=O) groups is 2. The van der Waals surface area contributed by atoms with Crippen LogP contribution in [-0.4, -0.2) is 27.1 Å². The number of halogens is 2. The van der Waals surface area contributed by atoms with Crippen molar-refractivity contribution in [3.63, 3.8) is 0 Å². The van der Waals surface area contributed by atoms with E-state index >= 15 is 0 Å². The molecule has 1 aromatic heterocycles. The van der Waals surface area contributed by atoms with Crippen LogP contribution in [0.25, 0.3) is 22.4 Å². The van der Waals surface area contributed by atoms with Crippen molar-refractivity contribution in [2.45, 2.75) is 6.92 Å². The van der Waals surface area contributed by atoms with Gasteiger partial charge in [0.15, 0.2) is 0 Å². The molecule has 3 rings (SSSR count). The van der Waals surface area contributed by atoms with Crippen molar-refractivity contribution in [2.75, 3.05) is 0 Å². The van der Waals surface area contributed by atoms with Crippen molar-refractivity contribution in [2.24, 2.45) is 0 Å². The summed E-state index contributed by atoms with van der Waals surface area (Å²) >= 11 is 7.33. The number of rotatable bonds is 4. The Hall–Kier alpha value is -2.77. The fourth-order valence-electron chi connectivity index (χ4n) is 2.83. The molecule has 0 unspecified atom stereocenters. The normalized spacial score (nSPS) is 10.7. The first-order valence-corrected chi connectivity index (χ1v) is 8.61. The molecule has 5 nitrogen and oxygen atoms in total. The number of benzene rings is 2. The molecule has 0 aliphatic heterocycles. The Morgan fingerprint density at radius 2 is 1.81 bits per heavy atom. The molecule has 0 saturated carbocycles. The molecule has 0 radical (unpaired) electrons. The van der Waals surface area contributed by atoms with Crippen molar-refractivity contribution in [1.82, 2.24) is 4.98 Å². The predicted molar refractivity (Wildman–Crippen MR) is 96.6 cm³/mol. The third-order valence-electron chi connectivity index (χ3n) is 3.86. The van der Waals surface area contributed by atoms with Crippen LogP contribution in [0.3, 0.4) is 0 Å². The number of aryl methyl sites for hydroxylation is 1. The Morgan fingerprint density at radius 3 is 2.35 bits per heavy atom. The maximum atomic E-state index is 13.4. The maximum absolute atomic E-state index is 13.4. The number of hydrogen-bond acceptors (Lipinski definition) is 4. The number of hydrogen-bond donors (Lipinski definition) is 2. The minimum absolute atomic E-state index is 0.00152. The van der Waals surface area contributed by atoms with Crippen molar-refractivity contribution in [1.29, 1.82) is 0 Å². The molecule has 0 amide bonds. The SMILES string of the molecule is Cc1cc(-c2ccc(F)cc2Cl)c(C(=O)O)c(-c2cscn2)c1C(=O)O. The van der Waals surface area contributed by atoms with Gasteiger partial charge < -0.3 is 10.2 Å². The van der Waals surface area contributed by atoms with E-state index in [0.717, 1.165) is 12.1 Å². The molecule has 0 aliphatic rings. The third kappa shape index (κ3) is 3.07. The van der Waals surface area contributed by atoms with Gasteiger partial charge in [0.05, 0.1) is 27.4 Å². The van der Waals surface area contributed by atoms with E-state index in [2.05, 4.69) is 4.98 Å². The third-order valence-corrected chi connectivity index (χ3v) is 4.76.